The number of hydrogen-bond acceptors (Lipinski definition) is 3. The molecule has 0 aliphatic heterocycles. The molecule has 6 N–H and O–H groups in total. The Labute approximate surface area is 55.6 Å². The third-order valence-corrected chi connectivity index (χ3v) is 1.88. The summed E-state index contributed by atoms with van der Waals surface area (Å²) in [5, 5.41) is 0. The zero-order valence-electron chi connectivity index (χ0n) is 5.56. The first kappa shape index (κ1) is 6.99. The third-order valence-electron chi connectivity index (χ3n) is 1.88. The van der Waals surface area contributed by atoms with Crippen molar-refractivity contribution in [2.45, 2.75) is 31.3 Å². The molecular formula is C6H14N3. The van der Waals surface area contributed by atoms with E-state index in [1.54, 1.807) is 0 Å². The van der Waals surface area contributed by atoms with Crippen LogP contribution in [-0.2, 0) is 0 Å². The van der Waals surface area contributed by atoms with Gasteiger partial charge in [0.05, 0.1) is 11.7 Å². The number of hydrogen-bond donors (Lipinski definition) is 3. The Morgan fingerprint density at radius 1 is 1.22 bits per heavy atom. The van der Waals surface area contributed by atoms with Crippen LogP contribution in [0.2, 0.25) is 0 Å². The summed E-state index contributed by atoms with van der Waals surface area (Å²) in [6, 6.07) is 0.758. The monoisotopic (exact) mass is 128 g/mol. The van der Waals surface area contributed by atoms with Gasteiger partial charge in [-0.15, -0.1) is 0 Å². The van der Waals surface area contributed by atoms with E-state index in [-0.39, 0.29) is 0 Å². The number of rotatable bonds is 0. The molecule has 1 aliphatic rings. The van der Waals surface area contributed by atoms with Gasteiger partial charge in [-0.3, -0.25) is 0 Å². The Balaban J connectivity index is 2.49. The molecule has 0 heterocycles. The molecular weight excluding hydrogens is 114 g/mol. The van der Waals surface area contributed by atoms with Crippen molar-refractivity contribution in [1.82, 2.24) is 0 Å². The predicted molar refractivity (Wildman–Crippen MR) is 37.0 cm³/mol. The number of nitrogens with two attached hydrogens (primary N) is 3. The van der Waals surface area contributed by atoms with Crippen molar-refractivity contribution in [3.8, 4) is 0 Å². The molecule has 0 saturated heterocycles. The minimum absolute atomic E-state index is 0.668. The van der Waals surface area contributed by atoms with Crippen LogP contribution in [0.15, 0.2) is 0 Å². The molecule has 0 bridgehead atoms. The van der Waals surface area contributed by atoms with Crippen LogP contribution in [0.1, 0.15) is 25.7 Å². The molecule has 53 valence electrons. The van der Waals surface area contributed by atoms with Crippen molar-refractivity contribution in [3.63, 3.8) is 0 Å². The fraction of sp³-hybridized carbons (Fsp3) is 0.833. The molecule has 3 nitrogen and oxygen atoms in total. The molecule has 0 aromatic heterocycles. The molecule has 1 aliphatic carbocycles. The van der Waals surface area contributed by atoms with Crippen LogP contribution in [0.4, 0.5) is 0 Å². The van der Waals surface area contributed by atoms with E-state index in [9.17, 15) is 0 Å². The second kappa shape index (κ2) is 2.25. The molecule has 1 rings (SSSR count). The Kier molecular flexibility index (Phi) is 1.75. The maximum absolute atomic E-state index is 5.64. The van der Waals surface area contributed by atoms with Crippen LogP contribution < -0.4 is 17.2 Å². The van der Waals surface area contributed by atoms with Gasteiger partial charge in [0.15, 0.2) is 0 Å². The molecule has 0 aromatic rings. The highest BCUT2D eigenvalue weighted by Gasteiger charge is 2.30. The van der Waals surface area contributed by atoms with E-state index in [1.165, 1.54) is 0 Å². The third kappa shape index (κ3) is 1.41. The summed E-state index contributed by atoms with van der Waals surface area (Å²) >= 11 is 0. The van der Waals surface area contributed by atoms with Gasteiger partial charge in [-0.25, -0.2) is 0 Å². The summed E-state index contributed by atoms with van der Waals surface area (Å²) in [6.07, 6.45) is 3.97. The molecule has 0 aromatic carbocycles. The molecule has 9 heavy (non-hydrogen) atoms. The maximum atomic E-state index is 5.64. The largest absolute Gasteiger partial charge is 0.321 e. The molecule has 0 atom stereocenters. The zero-order chi connectivity index (χ0) is 6.91. The molecule has 1 fully saturated rings. The van der Waals surface area contributed by atoms with Gasteiger partial charge in [-0.2, -0.15) is 0 Å². The van der Waals surface area contributed by atoms with Crippen LogP contribution in [0.25, 0.3) is 0 Å². The van der Waals surface area contributed by atoms with Gasteiger partial charge in [0.2, 0.25) is 0 Å². The summed E-state index contributed by atoms with van der Waals surface area (Å²) in [7, 11) is 0. The van der Waals surface area contributed by atoms with Crippen LogP contribution >= 0.6 is 0 Å². The predicted octanol–water partition coefficient (Wildman–Crippen LogP) is -0.335. The average Bonchev–Trinajstić information content (AvgIpc) is 1.77. The lowest BCUT2D eigenvalue weighted by Crippen LogP contribution is -2.58. The normalized spacial score (nSPS) is 28.3. The van der Waals surface area contributed by atoms with Gasteiger partial charge in [0.1, 0.15) is 0 Å². The molecule has 0 spiro atoms. The van der Waals surface area contributed by atoms with E-state index < -0.39 is 5.66 Å². The zero-order valence-corrected chi connectivity index (χ0v) is 5.56. The van der Waals surface area contributed by atoms with Crippen LogP contribution in [0.3, 0.4) is 0 Å². The smallest absolute Gasteiger partial charge is 0.0841 e. The fourth-order valence-corrected chi connectivity index (χ4v) is 1.13. The molecule has 0 amide bonds. The van der Waals surface area contributed by atoms with Crippen molar-refractivity contribution in [3.05, 3.63) is 6.04 Å². The summed E-state index contributed by atoms with van der Waals surface area (Å²) in [4.78, 5) is 0. The minimum atomic E-state index is -0.668. The lowest BCUT2D eigenvalue weighted by atomic mass is 9.86. The van der Waals surface area contributed by atoms with E-state index in [0.717, 1.165) is 31.7 Å². The molecule has 0 unspecified atom stereocenters. The van der Waals surface area contributed by atoms with Gasteiger partial charge in [-0.05, 0) is 12.8 Å². The Morgan fingerprint density at radius 2 is 1.89 bits per heavy atom. The van der Waals surface area contributed by atoms with Crippen molar-refractivity contribution in [2.24, 2.45) is 17.2 Å². The van der Waals surface area contributed by atoms with Crippen molar-refractivity contribution in [1.29, 1.82) is 0 Å². The van der Waals surface area contributed by atoms with E-state index in [2.05, 4.69) is 0 Å². The molecule has 1 radical (unpaired) electrons. The highest BCUT2D eigenvalue weighted by Crippen LogP contribution is 2.25. The van der Waals surface area contributed by atoms with E-state index in [1.807, 2.05) is 0 Å². The maximum Gasteiger partial charge on any atom is 0.0841 e. The van der Waals surface area contributed by atoms with Crippen molar-refractivity contribution >= 4 is 0 Å². The van der Waals surface area contributed by atoms with Gasteiger partial charge in [0.25, 0.3) is 0 Å². The highest BCUT2D eigenvalue weighted by molar-refractivity contribution is 5.06. The lowest BCUT2D eigenvalue weighted by molar-refractivity contribution is 0.335. The second-order valence-electron chi connectivity index (χ2n) is 2.77. The Bertz CT molecular complexity index is 100. The van der Waals surface area contributed by atoms with E-state index in [4.69, 9.17) is 17.2 Å². The van der Waals surface area contributed by atoms with Gasteiger partial charge >= 0.3 is 0 Å². The second-order valence-corrected chi connectivity index (χ2v) is 2.77. The Morgan fingerprint density at radius 3 is 2.22 bits per heavy atom. The van der Waals surface area contributed by atoms with Gasteiger partial charge < -0.3 is 17.2 Å². The topological polar surface area (TPSA) is 78.1 Å². The van der Waals surface area contributed by atoms with Crippen LogP contribution in [-0.4, -0.2) is 5.66 Å². The van der Waals surface area contributed by atoms with Gasteiger partial charge in [-0.1, -0.05) is 12.8 Å². The lowest BCUT2D eigenvalue weighted by Gasteiger charge is -2.34. The summed E-state index contributed by atoms with van der Waals surface area (Å²) < 4.78 is 0. The van der Waals surface area contributed by atoms with E-state index >= 15 is 0 Å². The summed E-state index contributed by atoms with van der Waals surface area (Å²) in [5.41, 5.74) is 16.2. The average molecular weight is 128 g/mol. The van der Waals surface area contributed by atoms with Crippen molar-refractivity contribution < 1.29 is 0 Å². The Hall–Kier alpha value is -0.120. The van der Waals surface area contributed by atoms with E-state index in [0.29, 0.717) is 0 Å². The summed E-state index contributed by atoms with van der Waals surface area (Å²) in [5.74, 6) is 0. The van der Waals surface area contributed by atoms with Crippen LogP contribution in [0, 0.1) is 6.04 Å². The van der Waals surface area contributed by atoms with Crippen molar-refractivity contribution in [2.75, 3.05) is 0 Å². The SMILES string of the molecule is N[C]1CCCCC1(N)N. The highest BCUT2D eigenvalue weighted by atomic mass is 15.0. The first-order valence-electron chi connectivity index (χ1n) is 3.32. The molecule has 1 saturated carbocycles. The quantitative estimate of drug-likeness (QED) is 0.391. The fourth-order valence-electron chi connectivity index (χ4n) is 1.13. The first-order valence-corrected chi connectivity index (χ1v) is 3.32. The minimum Gasteiger partial charge on any atom is -0.321 e. The summed E-state index contributed by atoms with van der Waals surface area (Å²) in [6.45, 7) is 0. The van der Waals surface area contributed by atoms with Crippen LogP contribution in [0.5, 0.6) is 0 Å². The van der Waals surface area contributed by atoms with Gasteiger partial charge in [0, 0.05) is 0 Å². The molecule has 3 heteroatoms. The standard InChI is InChI=1S/C6H14N3/c7-5-3-1-2-4-6(5,8)9/h1-4,7-9H2. The first-order chi connectivity index (χ1) is 4.13.